The minimum absolute atomic E-state index is 0.0346. The molecule has 0 saturated carbocycles. The summed E-state index contributed by atoms with van der Waals surface area (Å²) in [6.07, 6.45) is 10.5. The van der Waals surface area contributed by atoms with Crippen LogP contribution in [0.5, 0.6) is 0 Å². The highest BCUT2D eigenvalue weighted by atomic mass is 32.2. The summed E-state index contributed by atoms with van der Waals surface area (Å²) in [6.45, 7) is 4.16. The van der Waals surface area contributed by atoms with Crippen LogP contribution in [0.1, 0.15) is 43.9 Å². The molecular formula is C27H29FN4O2S2. The molecule has 6 nitrogen and oxygen atoms in total. The molecule has 2 aromatic carbocycles. The van der Waals surface area contributed by atoms with Gasteiger partial charge in [-0.05, 0) is 60.9 Å². The van der Waals surface area contributed by atoms with Crippen LogP contribution in [0.25, 0.3) is 22.3 Å². The number of hydrogen-bond donors (Lipinski definition) is 1. The standard InChI is InChI=1S/C27H29FN4O2S2/c1-5-7-25(31-24(6-2)18-8-13-27(29-16-18)36(4)34)22-14-21(35(3)33)15-26-23(22)17-30-32(26)20-11-9-19(28)10-12-20/h7-17,24,31H,5-6H2,1-4H3/b25-7+. The lowest BCUT2D eigenvalue weighted by Crippen LogP contribution is -2.20. The van der Waals surface area contributed by atoms with Gasteiger partial charge in [0, 0.05) is 51.1 Å². The molecule has 3 atom stereocenters. The highest BCUT2D eigenvalue weighted by Crippen LogP contribution is 2.31. The maximum atomic E-state index is 13.5. The molecule has 1 N–H and O–H groups in total. The van der Waals surface area contributed by atoms with Crippen molar-refractivity contribution in [1.29, 1.82) is 0 Å². The van der Waals surface area contributed by atoms with Gasteiger partial charge in [-0.25, -0.2) is 14.1 Å². The van der Waals surface area contributed by atoms with Crippen molar-refractivity contribution in [3.63, 3.8) is 0 Å². The lowest BCUT2D eigenvalue weighted by atomic mass is 10.0. The molecule has 3 unspecified atom stereocenters. The summed E-state index contributed by atoms with van der Waals surface area (Å²) in [5.74, 6) is -0.318. The van der Waals surface area contributed by atoms with E-state index < -0.39 is 21.6 Å². The van der Waals surface area contributed by atoms with Gasteiger partial charge in [-0.1, -0.05) is 26.0 Å². The molecule has 0 amide bonds. The first-order valence-electron chi connectivity index (χ1n) is 11.7. The monoisotopic (exact) mass is 524 g/mol. The summed E-state index contributed by atoms with van der Waals surface area (Å²) in [5, 5.41) is 9.69. The third kappa shape index (κ3) is 5.47. The second-order valence-electron chi connectivity index (χ2n) is 8.41. The molecule has 0 aliphatic heterocycles. The third-order valence-electron chi connectivity index (χ3n) is 5.96. The Morgan fingerprint density at radius 2 is 1.81 bits per heavy atom. The Kier molecular flexibility index (Phi) is 8.11. The Bertz CT molecular complexity index is 1450. The summed E-state index contributed by atoms with van der Waals surface area (Å²) in [7, 11) is -2.36. The lowest BCUT2D eigenvalue weighted by molar-refractivity contribution is 0.609. The Balaban J connectivity index is 1.81. The van der Waals surface area contributed by atoms with Gasteiger partial charge in [0.15, 0.2) is 0 Å². The summed E-state index contributed by atoms with van der Waals surface area (Å²) < 4.78 is 39.6. The Morgan fingerprint density at radius 1 is 1.06 bits per heavy atom. The van der Waals surface area contributed by atoms with E-state index in [1.54, 1.807) is 47.8 Å². The van der Waals surface area contributed by atoms with E-state index in [9.17, 15) is 12.8 Å². The molecular weight excluding hydrogens is 495 g/mol. The Labute approximate surface area is 215 Å². The predicted octanol–water partition coefficient (Wildman–Crippen LogP) is 5.53. The highest BCUT2D eigenvalue weighted by Gasteiger charge is 2.18. The third-order valence-corrected chi connectivity index (χ3v) is 7.69. The summed E-state index contributed by atoms with van der Waals surface area (Å²) in [5.41, 5.74) is 4.30. The summed E-state index contributed by atoms with van der Waals surface area (Å²) in [4.78, 5) is 5.04. The van der Waals surface area contributed by atoms with E-state index >= 15 is 0 Å². The molecule has 0 radical (unpaired) electrons. The van der Waals surface area contributed by atoms with Crippen molar-refractivity contribution in [2.45, 2.75) is 42.7 Å². The molecule has 0 spiro atoms. The zero-order chi connectivity index (χ0) is 25.8. The summed E-state index contributed by atoms with van der Waals surface area (Å²) >= 11 is 0. The quantitative estimate of drug-likeness (QED) is 0.312. The normalized spacial score (nSPS) is 14.5. The summed E-state index contributed by atoms with van der Waals surface area (Å²) in [6, 6.07) is 13.7. The van der Waals surface area contributed by atoms with Crippen molar-refractivity contribution >= 4 is 38.2 Å². The molecule has 4 aromatic rings. The van der Waals surface area contributed by atoms with Crippen LogP contribution in [-0.2, 0) is 21.6 Å². The number of benzene rings is 2. The van der Waals surface area contributed by atoms with E-state index in [0.717, 1.165) is 46.3 Å². The first kappa shape index (κ1) is 25.9. The fourth-order valence-electron chi connectivity index (χ4n) is 4.11. The molecule has 0 saturated heterocycles. The van der Waals surface area contributed by atoms with Crippen molar-refractivity contribution in [1.82, 2.24) is 20.1 Å². The van der Waals surface area contributed by atoms with Crippen molar-refractivity contribution in [2.75, 3.05) is 12.5 Å². The number of rotatable bonds is 9. The average Bonchev–Trinajstić information content (AvgIpc) is 3.30. The van der Waals surface area contributed by atoms with Crippen LogP contribution in [0.2, 0.25) is 0 Å². The van der Waals surface area contributed by atoms with Crippen LogP contribution in [-0.4, -0.2) is 35.7 Å². The van der Waals surface area contributed by atoms with Crippen LogP contribution < -0.4 is 5.32 Å². The molecule has 2 aromatic heterocycles. The average molecular weight is 525 g/mol. The molecule has 0 aliphatic carbocycles. The number of aromatic nitrogens is 3. The van der Waals surface area contributed by atoms with Crippen LogP contribution in [0.15, 0.2) is 76.9 Å². The van der Waals surface area contributed by atoms with E-state index in [-0.39, 0.29) is 11.9 Å². The zero-order valence-electron chi connectivity index (χ0n) is 20.7. The van der Waals surface area contributed by atoms with Crippen LogP contribution in [0.3, 0.4) is 0 Å². The van der Waals surface area contributed by atoms with Gasteiger partial charge in [-0.3, -0.25) is 8.42 Å². The number of allylic oxidation sites excluding steroid dienone is 1. The molecule has 2 heterocycles. The molecule has 36 heavy (non-hydrogen) atoms. The fraction of sp³-hybridized carbons (Fsp3) is 0.259. The molecule has 4 rings (SSSR count). The Morgan fingerprint density at radius 3 is 2.39 bits per heavy atom. The number of fused-ring (bicyclic) bond motifs is 1. The fourth-order valence-corrected chi connectivity index (χ4v) is 5.13. The zero-order valence-corrected chi connectivity index (χ0v) is 22.3. The van der Waals surface area contributed by atoms with Crippen molar-refractivity contribution in [3.05, 3.63) is 83.9 Å². The second kappa shape index (κ2) is 11.3. The van der Waals surface area contributed by atoms with Crippen LogP contribution in [0.4, 0.5) is 4.39 Å². The van der Waals surface area contributed by atoms with Gasteiger partial charge in [0.2, 0.25) is 0 Å². The van der Waals surface area contributed by atoms with E-state index in [1.165, 1.54) is 12.1 Å². The first-order chi connectivity index (χ1) is 17.3. The van der Waals surface area contributed by atoms with E-state index in [4.69, 9.17) is 0 Å². The van der Waals surface area contributed by atoms with Crippen LogP contribution in [0, 0.1) is 5.82 Å². The SMILES string of the molecule is CC/C=C(/NC(CC)c1ccc(S(C)=O)nc1)c1cc(S(C)=O)cc2c1cnn2-c1ccc(F)cc1. The smallest absolute Gasteiger partial charge is 0.126 e. The van der Waals surface area contributed by atoms with Gasteiger partial charge in [0.05, 0.1) is 34.2 Å². The van der Waals surface area contributed by atoms with Crippen molar-refractivity contribution in [3.8, 4) is 5.69 Å². The van der Waals surface area contributed by atoms with Gasteiger partial charge in [-0.2, -0.15) is 5.10 Å². The number of pyridine rings is 1. The maximum absolute atomic E-state index is 13.5. The molecule has 0 aliphatic rings. The molecule has 0 bridgehead atoms. The van der Waals surface area contributed by atoms with E-state index in [0.29, 0.717) is 9.92 Å². The lowest BCUT2D eigenvalue weighted by Gasteiger charge is -2.22. The van der Waals surface area contributed by atoms with Crippen molar-refractivity contribution < 1.29 is 12.8 Å². The first-order valence-corrected chi connectivity index (χ1v) is 14.8. The van der Waals surface area contributed by atoms with Gasteiger partial charge in [-0.15, -0.1) is 0 Å². The maximum Gasteiger partial charge on any atom is 0.126 e. The van der Waals surface area contributed by atoms with Crippen LogP contribution >= 0.6 is 0 Å². The van der Waals surface area contributed by atoms with Gasteiger partial charge in [0.25, 0.3) is 0 Å². The minimum atomic E-state index is -1.22. The van der Waals surface area contributed by atoms with Gasteiger partial charge >= 0.3 is 0 Å². The molecule has 0 fully saturated rings. The topological polar surface area (TPSA) is 76.9 Å². The van der Waals surface area contributed by atoms with Gasteiger partial charge < -0.3 is 5.32 Å². The van der Waals surface area contributed by atoms with E-state index in [2.05, 4.69) is 35.3 Å². The molecule has 9 heteroatoms. The van der Waals surface area contributed by atoms with Gasteiger partial charge in [0.1, 0.15) is 10.8 Å². The number of hydrogen-bond acceptors (Lipinski definition) is 5. The number of nitrogens with zero attached hydrogens (tertiary/aromatic N) is 3. The largest absolute Gasteiger partial charge is 0.378 e. The van der Waals surface area contributed by atoms with Crippen molar-refractivity contribution in [2.24, 2.45) is 0 Å². The highest BCUT2D eigenvalue weighted by molar-refractivity contribution is 7.84. The number of halogens is 1. The second-order valence-corrected chi connectivity index (χ2v) is 11.1. The predicted molar refractivity (Wildman–Crippen MR) is 144 cm³/mol. The Hall–Kier alpha value is -3.17. The minimum Gasteiger partial charge on any atom is -0.378 e. The molecule has 188 valence electrons. The number of nitrogens with one attached hydrogen (secondary N) is 1. The van der Waals surface area contributed by atoms with E-state index in [1.807, 2.05) is 18.2 Å².